The third-order valence-corrected chi connectivity index (χ3v) is 14.4. The van der Waals surface area contributed by atoms with Crippen LogP contribution in [0.4, 0.5) is 14.5 Å². The monoisotopic (exact) mass is 869 g/mol. The van der Waals surface area contributed by atoms with E-state index in [9.17, 15) is 29.1 Å². The van der Waals surface area contributed by atoms with Crippen LogP contribution in [-0.2, 0) is 49.5 Å². The Bertz CT molecular complexity index is 2410. The second kappa shape index (κ2) is 16.4. The number of esters is 2. The van der Waals surface area contributed by atoms with Crippen LogP contribution in [0.25, 0.3) is 10.8 Å². The number of fused-ring (bicyclic) bond motifs is 8. The number of allylic oxidation sites excluding steroid dienone is 4. The summed E-state index contributed by atoms with van der Waals surface area (Å²) in [5, 5.41) is 16.6. The van der Waals surface area contributed by atoms with Crippen molar-refractivity contribution in [2.75, 3.05) is 18.5 Å². The molecular formula is C48H53F2N3O10. The number of amides is 1. The topological polar surface area (TPSA) is 193 Å². The number of benzene rings is 2. The molecule has 1 amide bonds. The number of nitrogens with one attached hydrogen (secondary N) is 1. The van der Waals surface area contributed by atoms with E-state index in [1.807, 2.05) is 18.2 Å². The van der Waals surface area contributed by atoms with E-state index in [0.29, 0.717) is 16.8 Å². The van der Waals surface area contributed by atoms with Gasteiger partial charge >= 0.3 is 11.9 Å². The van der Waals surface area contributed by atoms with Crippen LogP contribution in [0.1, 0.15) is 83.3 Å². The minimum absolute atomic E-state index is 0.00289. The van der Waals surface area contributed by atoms with Crippen molar-refractivity contribution in [2.24, 2.45) is 28.4 Å². The molecule has 63 heavy (non-hydrogen) atoms. The van der Waals surface area contributed by atoms with E-state index in [2.05, 4.69) is 10.3 Å². The van der Waals surface area contributed by atoms with Gasteiger partial charge in [-0.1, -0.05) is 43.3 Å². The van der Waals surface area contributed by atoms with Crippen molar-refractivity contribution in [3.8, 4) is 0 Å². The highest BCUT2D eigenvalue weighted by Gasteiger charge is 2.80. The Hall–Kier alpha value is -5.22. The molecule has 0 unspecified atom stereocenters. The molecule has 3 aromatic rings. The Labute approximate surface area is 363 Å². The molecule has 0 bridgehead atoms. The molecule has 0 spiro atoms. The van der Waals surface area contributed by atoms with Crippen molar-refractivity contribution in [3.05, 3.63) is 95.9 Å². The molecule has 1 aromatic heterocycles. The maximum Gasteiger partial charge on any atom is 0.306 e. The number of nitrogens with zero attached hydrogens (tertiary/aromatic N) is 1. The van der Waals surface area contributed by atoms with Gasteiger partial charge in [-0.15, -0.1) is 0 Å². The van der Waals surface area contributed by atoms with Crippen LogP contribution in [0.2, 0.25) is 0 Å². The number of ketones is 2. The summed E-state index contributed by atoms with van der Waals surface area (Å²) in [4.78, 5) is 69.4. The van der Waals surface area contributed by atoms with Gasteiger partial charge in [0.05, 0.1) is 18.1 Å². The number of carbonyl (C=O) groups excluding carboxylic acids is 5. The number of alkyl halides is 2. The Morgan fingerprint density at radius 2 is 1.71 bits per heavy atom. The molecule has 2 aromatic carbocycles. The van der Waals surface area contributed by atoms with Gasteiger partial charge < -0.3 is 35.1 Å². The number of hydrogen-bond acceptors (Lipinski definition) is 12. The molecule has 4 fully saturated rings. The van der Waals surface area contributed by atoms with E-state index in [0.717, 1.165) is 16.8 Å². The molecule has 5 aliphatic rings. The average molecular weight is 870 g/mol. The van der Waals surface area contributed by atoms with Crippen LogP contribution in [0.15, 0.2) is 84.7 Å². The highest BCUT2D eigenvalue weighted by atomic mass is 19.1. The summed E-state index contributed by atoms with van der Waals surface area (Å²) in [7, 11) is 0. The van der Waals surface area contributed by atoms with Gasteiger partial charge in [-0.2, -0.15) is 0 Å². The van der Waals surface area contributed by atoms with E-state index in [4.69, 9.17) is 24.7 Å². The molecule has 334 valence electrons. The van der Waals surface area contributed by atoms with E-state index < -0.39 is 94.1 Å². The van der Waals surface area contributed by atoms with Gasteiger partial charge in [-0.25, -0.2) is 8.78 Å². The minimum Gasteiger partial charge on any atom is -0.461 e. The number of aliphatic hydroxyl groups excluding tert-OH is 1. The van der Waals surface area contributed by atoms with Crippen molar-refractivity contribution in [3.63, 3.8) is 0 Å². The molecule has 3 saturated carbocycles. The first kappa shape index (κ1) is 44.4. The molecule has 4 N–H and O–H groups in total. The number of Topliss-reactive ketones (excluding diaryl/α,β-unsaturated/α-hetero) is 1. The van der Waals surface area contributed by atoms with Crippen molar-refractivity contribution < 1.29 is 56.8 Å². The van der Waals surface area contributed by atoms with E-state index in [-0.39, 0.29) is 63.2 Å². The number of pyridine rings is 1. The first-order valence-electron chi connectivity index (χ1n) is 21.5. The predicted octanol–water partition coefficient (Wildman–Crippen LogP) is 6.06. The molecule has 13 nitrogen and oxygen atoms in total. The normalized spacial score (nSPS) is 33.0. The third-order valence-electron chi connectivity index (χ3n) is 14.4. The number of anilines is 1. The number of carbonyl (C=O) groups is 5. The van der Waals surface area contributed by atoms with Gasteiger partial charge in [0.25, 0.3) is 0 Å². The highest BCUT2D eigenvalue weighted by molar-refractivity contribution is 6.01. The summed E-state index contributed by atoms with van der Waals surface area (Å²) >= 11 is 0. The second-order valence-electron chi connectivity index (χ2n) is 18.5. The second-order valence-corrected chi connectivity index (χ2v) is 18.5. The zero-order valence-corrected chi connectivity index (χ0v) is 35.7. The third kappa shape index (κ3) is 7.49. The lowest BCUT2D eigenvalue weighted by Crippen LogP contribution is -2.71. The number of aromatic nitrogens is 1. The number of halogens is 2. The van der Waals surface area contributed by atoms with Crippen LogP contribution in [-0.4, -0.2) is 88.1 Å². The molecule has 15 heteroatoms. The SMILES string of the molecule is CC1(C)O[C@@H]2C[C@H]3[C@@H]4C[C@H](F)C5=CC(=O)C=C[C@]5(C)[C@@]4(F)[C@@H](O)C[C@]3(C)[C@]2(C(=O)COC(=O)CCCC(=O)OCc2ccc([C@@H](CN)C(=O)Nc3ccc4cnccc4c3)cc2)O1. The maximum absolute atomic E-state index is 17.7. The van der Waals surface area contributed by atoms with Crippen LogP contribution < -0.4 is 11.1 Å². The fourth-order valence-corrected chi connectivity index (χ4v) is 11.4. The van der Waals surface area contributed by atoms with Gasteiger partial charge in [0.15, 0.2) is 29.4 Å². The highest BCUT2D eigenvalue weighted by Crippen LogP contribution is 2.72. The maximum atomic E-state index is 17.7. The van der Waals surface area contributed by atoms with E-state index in [1.165, 1.54) is 19.1 Å². The lowest BCUT2D eigenvalue weighted by Gasteiger charge is -2.63. The predicted molar refractivity (Wildman–Crippen MR) is 225 cm³/mol. The van der Waals surface area contributed by atoms with Crippen LogP contribution in [0.3, 0.4) is 0 Å². The minimum atomic E-state index is -2.36. The first-order chi connectivity index (χ1) is 29.8. The Kier molecular flexibility index (Phi) is 11.6. The fraction of sp³-hybridized carbons (Fsp3) is 0.500. The van der Waals surface area contributed by atoms with E-state index in [1.54, 1.807) is 63.5 Å². The average Bonchev–Trinajstić information content (AvgIpc) is 3.66. The molecule has 1 saturated heterocycles. The van der Waals surface area contributed by atoms with E-state index >= 15 is 8.78 Å². The number of aliphatic hydroxyl groups is 1. The number of rotatable bonds is 13. The summed E-state index contributed by atoms with van der Waals surface area (Å²) in [5.41, 5.74) is 1.05. The van der Waals surface area contributed by atoms with Gasteiger partial charge in [0.1, 0.15) is 12.8 Å². The zero-order chi connectivity index (χ0) is 45.1. The lowest BCUT2D eigenvalue weighted by molar-refractivity contribution is -0.249. The van der Waals surface area contributed by atoms with Gasteiger partial charge in [0, 0.05) is 59.6 Å². The smallest absolute Gasteiger partial charge is 0.306 e. The van der Waals surface area contributed by atoms with Crippen molar-refractivity contribution in [2.45, 2.75) is 114 Å². The lowest BCUT2D eigenvalue weighted by atomic mass is 9.44. The zero-order valence-electron chi connectivity index (χ0n) is 35.7. The van der Waals surface area contributed by atoms with Crippen molar-refractivity contribution >= 4 is 45.9 Å². The standard InChI is InChI=1S/C48H53F2N3O10/c1-44(2)62-40-21-34-35-20-37(49)36-19-32(54)14-16-45(36,3)47(35,50)38(55)22-46(34,4)48(40,63-44)39(56)26-61-42(58)7-5-6-41(57)60-25-27-8-10-28(11-9-27)33(23-51)43(59)53-31-13-12-30-24-52-17-15-29(30)18-31/h8-19,24,33-35,37-38,40,55H,5-7,20-23,25-26,51H2,1-4H3,(H,53,59)/t33-,34+,35+,37+,38+,40-,45+,46+,47+,48-/m1/s1. The largest absolute Gasteiger partial charge is 0.461 e. The molecule has 1 aliphatic heterocycles. The Morgan fingerprint density at radius 1 is 0.984 bits per heavy atom. The van der Waals surface area contributed by atoms with Crippen molar-refractivity contribution in [1.82, 2.24) is 4.98 Å². The molecule has 0 radical (unpaired) electrons. The van der Waals surface area contributed by atoms with Gasteiger partial charge in [-0.3, -0.25) is 29.0 Å². The molecule has 8 rings (SSSR count). The molecule has 2 heterocycles. The summed E-state index contributed by atoms with van der Waals surface area (Å²) in [6, 6.07) is 14.4. The van der Waals surface area contributed by atoms with Gasteiger partial charge in [-0.05, 0) is 105 Å². The number of nitrogens with two attached hydrogens (primary N) is 1. The summed E-state index contributed by atoms with van der Waals surface area (Å²) in [5.74, 6) is -6.22. The number of ether oxygens (including phenoxy) is 4. The Morgan fingerprint density at radius 3 is 2.44 bits per heavy atom. The Balaban J connectivity index is 0.835. The summed E-state index contributed by atoms with van der Waals surface area (Å²) < 4.78 is 57.2. The van der Waals surface area contributed by atoms with Crippen LogP contribution in [0, 0.1) is 22.7 Å². The van der Waals surface area contributed by atoms with Gasteiger partial charge in [0.2, 0.25) is 11.7 Å². The summed E-state index contributed by atoms with van der Waals surface area (Å²) in [6.07, 6.45) is 2.29. The number of hydrogen-bond donors (Lipinski definition) is 3. The first-order valence-corrected chi connectivity index (χ1v) is 21.5. The molecule has 10 atom stereocenters. The quantitative estimate of drug-likeness (QED) is 0.169. The van der Waals surface area contributed by atoms with Crippen LogP contribution >= 0.6 is 0 Å². The fourth-order valence-electron chi connectivity index (χ4n) is 11.4. The molecular weight excluding hydrogens is 817 g/mol. The summed E-state index contributed by atoms with van der Waals surface area (Å²) in [6.45, 7) is 5.86. The molecule has 4 aliphatic carbocycles. The van der Waals surface area contributed by atoms with Crippen molar-refractivity contribution in [1.29, 1.82) is 0 Å². The van der Waals surface area contributed by atoms with Crippen LogP contribution in [0.5, 0.6) is 0 Å².